The second kappa shape index (κ2) is 10.9. The molecule has 0 amide bonds. The molecule has 1 radical (unpaired) electrons. The van der Waals surface area contributed by atoms with Crippen molar-refractivity contribution < 1.29 is 14.2 Å². The zero-order valence-electron chi connectivity index (χ0n) is 17.5. The molecule has 3 nitrogen and oxygen atoms in total. The number of hydrogen-bond acceptors (Lipinski definition) is 4. The number of methoxy groups -OCH3 is 3. The van der Waals surface area contributed by atoms with Crippen LogP contribution in [0.3, 0.4) is 0 Å². The Morgan fingerprint density at radius 1 is 0.690 bits per heavy atom. The summed E-state index contributed by atoms with van der Waals surface area (Å²) in [4.78, 5) is 1.41. The molecule has 29 heavy (non-hydrogen) atoms. The van der Waals surface area contributed by atoms with Gasteiger partial charge in [0.15, 0.2) is 11.5 Å². The molecule has 4 heteroatoms. The van der Waals surface area contributed by atoms with Crippen molar-refractivity contribution in [3.8, 4) is 17.2 Å². The van der Waals surface area contributed by atoms with Crippen molar-refractivity contribution in [2.24, 2.45) is 0 Å². The monoisotopic (exact) mass is 409 g/mol. The average Bonchev–Trinajstić information content (AvgIpc) is 3.27. The van der Waals surface area contributed by atoms with Gasteiger partial charge in [0.25, 0.3) is 0 Å². The molecule has 3 aromatic rings. The smallest absolute Gasteiger partial charge is 0.203 e. The topological polar surface area (TPSA) is 27.7 Å². The molecule has 0 aliphatic heterocycles. The number of benzene rings is 2. The largest absolute Gasteiger partial charge is 0.492 e. The number of aryl methyl sites for hydroxylation is 4. The van der Waals surface area contributed by atoms with Gasteiger partial charge in [-0.3, -0.25) is 0 Å². The molecule has 0 bridgehead atoms. The van der Waals surface area contributed by atoms with E-state index in [1.807, 2.05) is 11.3 Å². The molecule has 3 rings (SSSR count). The lowest BCUT2D eigenvalue weighted by molar-refractivity contribution is 0.319. The van der Waals surface area contributed by atoms with Gasteiger partial charge in [-0.1, -0.05) is 36.4 Å². The Labute approximate surface area is 178 Å². The van der Waals surface area contributed by atoms with Gasteiger partial charge in [-0.2, -0.15) is 0 Å². The maximum absolute atomic E-state index is 5.70. The molecular weight excluding hydrogens is 380 g/mol. The Kier molecular flexibility index (Phi) is 8.00. The van der Waals surface area contributed by atoms with E-state index in [0.29, 0.717) is 5.75 Å². The summed E-state index contributed by atoms with van der Waals surface area (Å²) in [6, 6.07) is 18.5. The lowest BCUT2D eigenvalue weighted by Gasteiger charge is -2.19. The van der Waals surface area contributed by atoms with Crippen molar-refractivity contribution in [3.63, 3.8) is 0 Å². The second-order valence-electron chi connectivity index (χ2n) is 6.95. The number of rotatable bonds is 11. The van der Waals surface area contributed by atoms with Gasteiger partial charge in [0.1, 0.15) is 0 Å². The first-order chi connectivity index (χ1) is 14.3. The Bertz CT molecular complexity index is 873. The van der Waals surface area contributed by atoms with Gasteiger partial charge in [0.2, 0.25) is 5.75 Å². The highest BCUT2D eigenvalue weighted by atomic mass is 32.1. The number of thiophene rings is 1. The Balaban J connectivity index is 1.77. The van der Waals surface area contributed by atoms with Gasteiger partial charge in [0.05, 0.1) is 21.3 Å². The fraction of sp³-hybridized carbons (Fsp3) is 0.360. The summed E-state index contributed by atoms with van der Waals surface area (Å²) in [5, 5.41) is 2.13. The van der Waals surface area contributed by atoms with E-state index in [-0.39, 0.29) is 0 Å². The molecule has 0 spiro atoms. The standard InChI is InChI=1S/C25H29O3S/c1-26-23-20(13-7-12-19-10-5-4-6-11-19)18-21(24(27-2)25(23)28-3)14-8-15-22-16-9-17-29-22/h4-6,9-11,16-17H,7-8,12-15H2,1-3H3. The predicted octanol–water partition coefficient (Wildman–Crippen LogP) is 5.92. The Morgan fingerprint density at radius 2 is 1.31 bits per heavy atom. The van der Waals surface area contributed by atoms with Crippen molar-refractivity contribution in [1.29, 1.82) is 0 Å². The molecule has 0 aliphatic carbocycles. The summed E-state index contributed by atoms with van der Waals surface area (Å²) < 4.78 is 17.1. The second-order valence-corrected chi connectivity index (χ2v) is 7.99. The molecule has 0 atom stereocenters. The van der Waals surface area contributed by atoms with E-state index in [9.17, 15) is 0 Å². The molecule has 0 saturated heterocycles. The lowest BCUT2D eigenvalue weighted by atomic mass is 9.97. The van der Waals surface area contributed by atoms with Crippen LogP contribution < -0.4 is 14.2 Å². The van der Waals surface area contributed by atoms with Gasteiger partial charge < -0.3 is 14.2 Å². The molecule has 1 aromatic heterocycles. The molecule has 0 aliphatic rings. The third kappa shape index (κ3) is 5.54. The Morgan fingerprint density at radius 3 is 1.86 bits per heavy atom. The van der Waals surface area contributed by atoms with Crippen LogP contribution in [0.1, 0.15) is 34.4 Å². The fourth-order valence-corrected chi connectivity index (χ4v) is 4.40. The predicted molar refractivity (Wildman–Crippen MR) is 120 cm³/mol. The van der Waals surface area contributed by atoms with Crippen LogP contribution in [0.25, 0.3) is 0 Å². The van der Waals surface area contributed by atoms with Crippen LogP contribution in [0.2, 0.25) is 0 Å². The van der Waals surface area contributed by atoms with E-state index in [4.69, 9.17) is 14.2 Å². The first-order valence-corrected chi connectivity index (χ1v) is 10.9. The van der Waals surface area contributed by atoms with E-state index in [1.54, 1.807) is 21.3 Å². The van der Waals surface area contributed by atoms with Gasteiger partial charge in [-0.25, -0.2) is 0 Å². The van der Waals surface area contributed by atoms with E-state index < -0.39 is 0 Å². The summed E-state index contributed by atoms with van der Waals surface area (Å²) in [7, 11) is 5.04. The van der Waals surface area contributed by atoms with Crippen LogP contribution in [0.5, 0.6) is 17.2 Å². The summed E-state index contributed by atoms with van der Waals surface area (Å²) in [6.07, 6.45) is 5.95. The minimum absolute atomic E-state index is 0.676. The van der Waals surface area contributed by atoms with Crippen LogP contribution >= 0.6 is 11.3 Å². The molecule has 1 heterocycles. The van der Waals surface area contributed by atoms with Crippen molar-refractivity contribution in [2.45, 2.75) is 38.5 Å². The zero-order valence-corrected chi connectivity index (χ0v) is 18.3. The minimum atomic E-state index is 0.676. The van der Waals surface area contributed by atoms with Gasteiger partial charge in [-0.05, 0) is 61.6 Å². The molecule has 0 unspecified atom stereocenters. The molecule has 153 valence electrons. The summed E-state index contributed by atoms with van der Waals surface area (Å²) in [6.45, 7) is 0. The van der Waals surface area contributed by atoms with Gasteiger partial charge in [-0.15, -0.1) is 11.3 Å². The van der Waals surface area contributed by atoms with Crippen LogP contribution in [-0.2, 0) is 25.7 Å². The van der Waals surface area contributed by atoms with Crippen molar-refractivity contribution in [1.82, 2.24) is 0 Å². The highest BCUT2D eigenvalue weighted by molar-refractivity contribution is 7.09. The van der Waals surface area contributed by atoms with Crippen LogP contribution in [0.4, 0.5) is 0 Å². The van der Waals surface area contributed by atoms with Crippen molar-refractivity contribution >= 4 is 11.3 Å². The third-order valence-electron chi connectivity index (χ3n) is 5.04. The molecule has 0 saturated carbocycles. The summed E-state index contributed by atoms with van der Waals surface area (Å²) in [5.41, 5.74) is 3.48. The first-order valence-electron chi connectivity index (χ1n) is 10.1. The lowest BCUT2D eigenvalue weighted by Crippen LogP contribution is -2.04. The van der Waals surface area contributed by atoms with E-state index in [1.165, 1.54) is 10.4 Å². The molecular formula is C25H29O3S. The van der Waals surface area contributed by atoms with E-state index >= 15 is 0 Å². The van der Waals surface area contributed by atoms with E-state index in [2.05, 4.69) is 53.9 Å². The first kappa shape index (κ1) is 21.3. The van der Waals surface area contributed by atoms with E-state index in [0.717, 1.165) is 61.2 Å². The minimum Gasteiger partial charge on any atom is -0.492 e. The average molecular weight is 410 g/mol. The summed E-state index contributed by atoms with van der Waals surface area (Å²) in [5.74, 6) is 2.15. The fourth-order valence-electron chi connectivity index (χ4n) is 3.65. The maximum atomic E-state index is 5.70. The number of hydrogen-bond donors (Lipinski definition) is 0. The highest BCUT2D eigenvalue weighted by Gasteiger charge is 2.20. The summed E-state index contributed by atoms with van der Waals surface area (Å²) >= 11 is 1.81. The van der Waals surface area contributed by atoms with Gasteiger partial charge in [0, 0.05) is 16.0 Å². The third-order valence-corrected chi connectivity index (χ3v) is 5.98. The zero-order chi connectivity index (χ0) is 20.5. The number of ether oxygens (including phenoxy) is 3. The quantitative estimate of drug-likeness (QED) is 0.393. The van der Waals surface area contributed by atoms with Gasteiger partial charge >= 0.3 is 0 Å². The Hall–Kier alpha value is -2.46. The maximum Gasteiger partial charge on any atom is 0.203 e. The van der Waals surface area contributed by atoms with Crippen LogP contribution in [-0.4, -0.2) is 21.3 Å². The normalized spacial score (nSPS) is 10.7. The SMILES string of the molecule is COc1c(CCCc2ccccc2)[c]c(CCCc2cccs2)c(OC)c1OC. The highest BCUT2D eigenvalue weighted by Crippen LogP contribution is 2.43. The molecule has 0 N–H and O–H groups in total. The van der Waals surface area contributed by atoms with Crippen LogP contribution in [0.15, 0.2) is 47.8 Å². The molecule has 0 fully saturated rings. The molecule has 2 aromatic carbocycles. The van der Waals surface area contributed by atoms with Crippen molar-refractivity contribution in [2.75, 3.05) is 21.3 Å². The van der Waals surface area contributed by atoms with Crippen molar-refractivity contribution in [3.05, 3.63) is 75.5 Å². The van der Waals surface area contributed by atoms with Crippen LogP contribution in [0, 0.1) is 6.07 Å².